The second-order valence-corrected chi connectivity index (χ2v) is 6.71. The minimum Gasteiger partial charge on any atom is -0.495 e. The van der Waals surface area contributed by atoms with Gasteiger partial charge >= 0.3 is 5.97 Å². The normalized spacial score (nSPS) is 11.0. The summed E-state index contributed by atoms with van der Waals surface area (Å²) in [5.74, 6) is 0.496. The van der Waals surface area contributed by atoms with E-state index in [1.807, 2.05) is 50.2 Å². The Kier molecular flexibility index (Phi) is 5.61. The molecule has 0 amide bonds. The smallest absolute Gasteiger partial charge is 0.307 e. The van der Waals surface area contributed by atoms with Crippen LogP contribution in [0.25, 0.3) is 10.9 Å². The standard InChI is InChI=1S/C21H22ClNO4/c1-4-27-15-7-5-14(6-8-15)12-23-13(2)16(10-21(24)25)17-9-20(26-3)18(22)11-19(17)23/h5-9,11H,4,10,12H2,1-3H3,(H,24,25). The summed E-state index contributed by atoms with van der Waals surface area (Å²) in [4.78, 5) is 11.4. The molecule has 6 heteroatoms. The summed E-state index contributed by atoms with van der Waals surface area (Å²) in [6.07, 6.45) is -0.0522. The summed E-state index contributed by atoms with van der Waals surface area (Å²) in [7, 11) is 1.55. The number of ether oxygens (including phenoxy) is 2. The largest absolute Gasteiger partial charge is 0.495 e. The zero-order chi connectivity index (χ0) is 19.6. The van der Waals surface area contributed by atoms with Crippen molar-refractivity contribution >= 4 is 28.5 Å². The molecule has 1 aromatic heterocycles. The molecule has 1 N–H and O–H groups in total. The van der Waals surface area contributed by atoms with E-state index in [1.165, 1.54) is 0 Å². The zero-order valence-corrected chi connectivity index (χ0v) is 16.3. The highest BCUT2D eigenvalue weighted by molar-refractivity contribution is 6.32. The number of rotatable bonds is 7. The number of hydrogen-bond acceptors (Lipinski definition) is 3. The lowest BCUT2D eigenvalue weighted by atomic mass is 10.1. The van der Waals surface area contributed by atoms with Crippen LogP contribution in [0.2, 0.25) is 5.02 Å². The highest BCUT2D eigenvalue weighted by atomic mass is 35.5. The maximum atomic E-state index is 11.4. The molecule has 0 aliphatic heterocycles. The van der Waals surface area contributed by atoms with E-state index in [0.717, 1.165) is 33.5 Å². The summed E-state index contributed by atoms with van der Waals surface area (Å²) in [6, 6.07) is 11.6. The van der Waals surface area contributed by atoms with E-state index >= 15 is 0 Å². The van der Waals surface area contributed by atoms with Crippen LogP contribution in [0.5, 0.6) is 11.5 Å². The Morgan fingerprint density at radius 1 is 1.22 bits per heavy atom. The number of hydrogen-bond donors (Lipinski definition) is 1. The average Bonchev–Trinajstić information content (AvgIpc) is 2.87. The lowest BCUT2D eigenvalue weighted by molar-refractivity contribution is -0.136. The SMILES string of the molecule is CCOc1ccc(Cn2c(C)c(CC(=O)O)c3cc(OC)c(Cl)cc32)cc1. The number of aromatic nitrogens is 1. The second-order valence-electron chi connectivity index (χ2n) is 6.30. The van der Waals surface area contributed by atoms with E-state index in [-0.39, 0.29) is 6.42 Å². The topological polar surface area (TPSA) is 60.7 Å². The summed E-state index contributed by atoms with van der Waals surface area (Å²) >= 11 is 6.33. The lowest BCUT2D eigenvalue weighted by Gasteiger charge is -2.11. The van der Waals surface area contributed by atoms with Crippen molar-refractivity contribution in [1.82, 2.24) is 4.57 Å². The molecule has 0 radical (unpaired) electrons. The van der Waals surface area contributed by atoms with Gasteiger partial charge in [0, 0.05) is 17.6 Å². The first kappa shape index (κ1) is 19.1. The van der Waals surface area contributed by atoms with Crippen molar-refractivity contribution in [2.24, 2.45) is 0 Å². The molecule has 0 aliphatic rings. The van der Waals surface area contributed by atoms with Crippen molar-refractivity contribution in [3.8, 4) is 11.5 Å². The number of carboxylic acid groups (broad SMARTS) is 1. The van der Waals surface area contributed by atoms with Gasteiger partial charge in [-0.15, -0.1) is 0 Å². The highest BCUT2D eigenvalue weighted by Gasteiger charge is 2.19. The van der Waals surface area contributed by atoms with Gasteiger partial charge in [0.15, 0.2) is 0 Å². The van der Waals surface area contributed by atoms with Gasteiger partial charge in [-0.3, -0.25) is 4.79 Å². The van der Waals surface area contributed by atoms with Crippen LogP contribution >= 0.6 is 11.6 Å². The number of carbonyl (C=O) groups is 1. The molecule has 0 fully saturated rings. The van der Waals surface area contributed by atoms with Gasteiger partial charge in [0.25, 0.3) is 0 Å². The van der Waals surface area contributed by atoms with E-state index in [1.54, 1.807) is 7.11 Å². The Morgan fingerprint density at radius 3 is 2.52 bits per heavy atom. The molecule has 0 unspecified atom stereocenters. The number of methoxy groups -OCH3 is 1. The first-order valence-corrected chi connectivity index (χ1v) is 9.11. The Morgan fingerprint density at radius 2 is 1.93 bits per heavy atom. The van der Waals surface area contributed by atoms with Crippen LogP contribution in [-0.4, -0.2) is 29.4 Å². The minimum absolute atomic E-state index is 0.0522. The van der Waals surface area contributed by atoms with Gasteiger partial charge in [-0.1, -0.05) is 23.7 Å². The maximum Gasteiger partial charge on any atom is 0.307 e. The van der Waals surface area contributed by atoms with Crippen molar-refractivity contribution in [3.05, 3.63) is 58.2 Å². The fourth-order valence-corrected chi connectivity index (χ4v) is 3.56. The number of nitrogens with zero attached hydrogens (tertiary/aromatic N) is 1. The molecule has 3 rings (SSSR count). The highest BCUT2D eigenvalue weighted by Crippen LogP contribution is 2.35. The van der Waals surface area contributed by atoms with Crippen LogP contribution in [-0.2, 0) is 17.8 Å². The zero-order valence-electron chi connectivity index (χ0n) is 15.6. The van der Waals surface area contributed by atoms with Gasteiger partial charge in [0.1, 0.15) is 11.5 Å². The summed E-state index contributed by atoms with van der Waals surface area (Å²) in [5, 5.41) is 10.7. The molecular formula is C21H22ClNO4. The van der Waals surface area contributed by atoms with Gasteiger partial charge in [-0.25, -0.2) is 0 Å². The summed E-state index contributed by atoms with van der Waals surface area (Å²) < 4.78 is 12.9. The predicted octanol–water partition coefficient (Wildman–Crippen LogP) is 4.69. The van der Waals surface area contributed by atoms with Crippen LogP contribution in [0.15, 0.2) is 36.4 Å². The fourth-order valence-electron chi connectivity index (χ4n) is 3.32. The molecule has 1 heterocycles. The molecule has 0 aliphatic carbocycles. The maximum absolute atomic E-state index is 11.4. The summed E-state index contributed by atoms with van der Waals surface area (Å²) in [5.41, 5.74) is 3.67. The number of carboxylic acids is 1. The molecule has 27 heavy (non-hydrogen) atoms. The molecule has 2 aromatic carbocycles. The number of halogens is 1. The number of aliphatic carboxylic acids is 1. The van der Waals surface area contributed by atoms with Gasteiger partial charge in [0.05, 0.1) is 30.7 Å². The van der Waals surface area contributed by atoms with Gasteiger partial charge < -0.3 is 19.1 Å². The van der Waals surface area contributed by atoms with Crippen molar-refractivity contribution in [1.29, 1.82) is 0 Å². The van der Waals surface area contributed by atoms with E-state index in [2.05, 4.69) is 4.57 Å². The molecule has 0 bridgehead atoms. The van der Waals surface area contributed by atoms with E-state index in [4.69, 9.17) is 21.1 Å². The van der Waals surface area contributed by atoms with Crippen LogP contribution in [0.1, 0.15) is 23.7 Å². The van der Waals surface area contributed by atoms with Crippen molar-refractivity contribution in [2.45, 2.75) is 26.8 Å². The fraction of sp³-hybridized carbons (Fsp3) is 0.286. The number of benzene rings is 2. The first-order valence-electron chi connectivity index (χ1n) is 8.73. The van der Waals surface area contributed by atoms with Gasteiger partial charge in [-0.05, 0) is 49.2 Å². The minimum atomic E-state index is -0.868. The van der Waals surface area contributed by atoms with Crippen molar-refractivity contribution in [3.63, 3.8) is 0 Å². The molecule has 3 aromatic rings. The second kappa shape index (κ2) is 7.92. The summed E-state index contributed by atoms with van der Waals surface area (Å²) in [6.45, 7) is 5.12. The Hall–Kier alpha value is -2.66. The van der Waals surface area contributed by atoms with Crippen LogP contribution in [0.3, 0.4) is 0 Å². The molecule has 0 atom stereocenters. The van der Waals surface area contributed by atoms with E-state index < -0.39 is 5.97 Å². The van der Waals surface area contributed by atoms with E-state index in [9.17, 15) is 9.90 Å². The Balaban J connectivity index is 2.09. The van der Waals surface area contributed by atoms with Gasteiger partial charge in [-0.2, -0.15) is 0 Å². The average molecular weight is 388 g/mol. The molecule has 0 spiro atoms. The number of fused-ring (bicyclic) bond motifs is 1. The van der Waals surface area contributed by atoms with Crippen molar-refractivity contribution in [2.75, 3.05) is 13.7 Å². The quantitative estimate of drug-likeness (QED) is 0.639. The third-order valence-corrected chi connectivity index (χ3v) is 4.93. The monoisotopic (exact) mass is 387 g/mol. The van der Waals surface area contributed by atoms with Crippen LogP contribution in [0.4, 0.5) is 0 Å². The molecule has 5 nitrogen and oxygen atoms in total. The molecular weight excluding hydrogens is 366 g/mol. The third-order valence-electron chi connectivity index (χ3n) is 4.63. The first-order chi connectivity index (χ1) is 12.9. The molecule has 0 saturated carbocycles. The van der Waals surface area contributed by atoms with Crippen LogP contribution in [0, 0.1) is 6.92 Å². The third kappa shape index (κ3) is 3.88. The van der Waals surface area contributed by atoms with E-state index in [0.29, 0.717) is 23.9 Å². The predicted molar refractivity (Wildman–Crippen MR) is 106 cm³/mol. The Labute approximate surface area is 163 Å². The molecule has 142 valence electrons. The lowest BCUT2D eigenvalue weighted by Crippen LogP contribution is -2.05. The van der Waals surface area contributed by atoms with Gasteiger partial charge in [0.2, 0.25) is 0 Å². The Bertz CT molecular complexity index is 976. The van der Waals surface area contributed by atoms with Crippen molar-refractivity contribution < 1.29 is 19.4 Å². The van der Waals surface area contributed by atoms with Crippen LogP contribution < -0.4 is 9.47 Å². The molecule has 0 saturated heterocycles.